The zero-order valence-corrected chi connectivity index (χ0v) is 90.9. The van der Waals surface area contributed by atoms with Gasteiger partial charge in [-0.3, -0.25) is 0 Å². The normalized spacial score (nSPS) is 52.1. The molecule has 0 amide bonds. The number of hydrogen-bond donors (Lipinski definition) is 4. The molecule has 800 valence electrons. The molecule has 12 saturated heterocycles. The van der Waals surface area contributed by atoms with Gasteiger partial charge in [-0.15, -0.1) is 0 Å². The maximum absolute atomic E-state index is 13.4. The van der Waals surface area contributed by atoms with Crippen LogP contribution < -0.4 is 0 Å². The predicted molar refractivity (Wildman–Crippen MR) is 530 cm³/mol. The van der Waals surface area contributed by atoms with Crippen molar-refractivity contribution in [3.8, 4) is 0 Å². The van der Waals surface area contributed by atoms with Crippen LogP contribution in [0.5, 0.6) is 0 Å². The SMILES string of the molecule is CC(C)(C)[C@]1(O)C[C@@]2(C)[C@@H](CCC23OCCO3)[C@@H]2C[C@@H]3O[C@@]34CC3(CC[C@]4(C)[C@H]21)OCCO3.CC(C)(C)[C@]1(O)C[C@@]2(C)[C@@H](CCC23OCCO3)[C@@H]2C[C@H]3O[C@]34CC3(CC[C@]4(C)[C@H]21)OCCO3.CC(C)(C)c1ccc([C@]2(O)C[C@@]3(C)[C@@H](CCC34OCCO4)[C@@H]3C[C@@H]4O[C@@]45CC4(CC[C@]5(C)[C@H]32)OCCO4)cc1.CC(C)(C)c1ccc([C@]2(O)C[C@@]3(C)[C@@H](CCC34OCCO4)[C@@H]3C[C@H]4O[C@]45CC4(CC[C@]5(C)[C@H]32)OCCO4)cc1. The van der Waals surface area contributed by atoms with E-state index in [-0.39, 0.29) is 135 Å². The van der Waals surface area contributed by atoms with Gasteiger partial charge in [0.2, 0.25) is 0 Å². The lowest BCUT2D eigenvalue weighted by Gasteiger charge is -2.68. The zero-order chi connectivity index (χ0) is 100. The molecule has 0 unspecified atom stereocenters. The zero-order valence-electron chi connectivity index (χ0n) is 90.9. The summed E-state index contributed by atoms with van der Waals surface area (Å²) in [6, 6.07) is 17.8. The van der Waals surface area contributed by atoms with Gasteiger partial charge < -0.3 is 115 Å². The van der Waals surface area contributed by atoms with E-state index >= 15 is 0 Å². The molecule has 4 N–H and O–H groups in total. The van der Waals surface area contributed by atoms with Crippen LogP contribution in [-0.4, -0.2) is 230 Å². The first kappa shape index (κ1) is 99.5. The third-order valence-electron chi connectivity index (χ3n) is 49.7. The monoisotopic (exact) mass is 2000 g/mol. The van der Waals surface area contributed by atoms with Crippen LogP contribution in [0.4, 0.5) is 0 Å². The molecule has 24 heteroatoms. The number of epoxide rings is 4. The topological polar surface area (TPSA) is 279 Å². The van der Waals surface area contributed by atoms with Crippen molar-refractivity contribution in [2.24, 2.45) is 125 Å². The fraction of sp³-hybridized carbons (Fsp3) is 0.900. The molecule has 28 aliphatic rings. The van der Waals surface area contributed by atoms with Gasteiger partial charge in [-0.25, -0.2) is 0 Å². The number of fused-ring (bicyclic) bond motifs is 20. The second kappa shape index (κ2) is 30.9. The summed E-state index contributed by atoms with van der Waals surface area (Å²) >= 11 is 0. The molecule has 16 saturated carbocycles. The van der Waals surface area contributed by atoms with Crippen LogP contribution in [0.15, 0.2) is 48.5 Å². The van der Waals surface area contributed by atoms with Crippen molar-refractivity contribution in [2.45, 2.75) is 445 Å². The van der Waals surface area contributed by atoms with Crippen LogP contribution in [0, 0.1) is 125 Å². The predicted octanol–water partition coefficient (Wildman–Crippen LogP) is 19.0. The Morgan fingerprint density at radius 3 is 0.667 bits per heavy atom. The maximum Gasteiger partial charge on any atom is 0.174 e. The van der Waals surface area contributed by atoms with Crippen LogP contribution in [0.1, 0.15) is 341 Å². The minimum atomic E-state index is -1.01. The van der Waals surface area contributed by atoms with E-state index in [1.807, 2.05) is 0 Å². The molecule has 32 atom stereocenters. The third-order valence-corrected chi connectivity index (χ3v) is 49.7. The summed E-state index contributed by atoms with van der Waals surface area (Å²) < 4.78 is 128. The molecule has 28 fully saturated rings. The number of aliphatic hydroxyl groups is 4. The summed E-state index contributed by atoms with van der Waals surface area (Å²) in [6.45, 7) is 56.6. The fourth-order valence-corrected chi connectivity index (χ4v) is 42.7. The van der Waals surface area contributed by atoms with E-state index in [1.54, 1.807) is 0 Å². The van der Waals surface area contributed by atoms with Crippen molar-refractivity contribution in [3.63, 3.8) is 0 Å². The van der Waals surface area contributed by atoms with Gasteiger partial charge in [0.05, 0.1) is 153 Å². The van der Waals surface area contributed by atoms with E-state index in [0.717, 1.165) is 178 Å². The van der Waals surface area contributed by atoms with E-state index in [0.29, 0.717) is 166 Å². The Morgan fingerprint density at radius 2 is 0.444 bits per heavy atom. The van der Waals surface area contributed by atoms with E-state index in [1.165, 1.54) is 11.1 Å². The number of rotatable bonds is 2. The van der Waals surface area contributed by atoms with Crippen LogP contribution in [0.2, 0.25) is 0 Å². The Hall–Kier alpha value is -2.52. The van der Waals surface area contributed by atoms with Gasteiger partial charge in [0, 0.05) is 132 Å². The number of ether oxygens (including phenoxy) is 20. The van der Waals surface area contributed by atoms with Crippen LogP contribution in [-0.2, 0) is 117 Å². The molecule has 12 heterocycles. The van der Waals surface area contributed by atoms with Gasteiger partial charge in [0.15, 0.2) is 46.3 Å². The summed E-state index contributed by atoms with van der Waals surface area (Å²) in [6.07, 6.45) is 26.2. The van der Waals surface area contributed by atoms with Crippen LogP contribution >= 0.6 is 0 Å². The molecule has 12 spiro atoms. The highest BCUT2D eigenvalue weighted by Crippen LogP contribution is 2.86. The van der Waals surface area contributed by atoms with Crippen molar-refractivity contribution in [1.82, 2.24) is 0 Å². The standard InChI is InChI=1S/2C33H46O6.2C27H42O6/c2*1-27(2,3)21-6-8-22(9-7-21)31(34)19-29(5)24(10-11-33(29)37-16-17-38-33)23-18-25-32(39-25)20-30(35-14-15-36-30)13-12-28(32,4)26(23)31;2*1-21(2,3)25(28)15-23(5)18(6-7-27(23)31-12-13-32-27)17-14-19-26(33-19)16-24(29-10-11-30-24)9-8-22(26,4)20(17)25/h2*6-9,23-26,34H,10-20H2,1-5H3;2*17-20,28H,6-16H2,1-5H3/t23-,24-,25+,26-,28+,29-,31+,32+;23-,24-,25-,26-,28+,29-,31+,32-;17-,18-,19+,20-,22+,23-,25-,26+;17-,18-,19-,20-,22+,23-,25-,26-/m0000/s1. The average molecular weight is 2000 g/mol. The Morgan fingerprint density at radius 1 is 0.236 bits per heavy atom. The largest absolute Gasteiger partial charge is 0.389 e. The molecule has 16 aliphatic carbocycles. The highest BCUT2D eigenvalue weighted by molar-refractivity contribution is 5.42. The first-order chi connectivity index (χ1) is 67.7. The van der Waals surface area contributed by atoms with Gasteiger partial charge >= 0.3 is 0 Å². The molecule has 0 aromatic heterocycles. The van der Waals surface area contributed by atoms with Crippen LogP contribution in [0.3, 0.4) is 0 Å². The minimum Gasteiger partial charge on any atom is -0.389 e. The van der Waals surface area contributed by atoms with Crippen molar-refractivity contribution in [2.75, 3.05) is 106 Å². The third kappa shape index (κ3) is 12.7. The fourth-order valence-electron chi connectivity index (χ4n) is 42.7. The first-order valence-electron chi connectivity index (χ1n) is 57.8. The lowest BCUT2D eigenvalue weighted by atomic mass is 9.38. The molecular weight excluding hydrogens is 1830 g/mol. The maximum atomic E-state index is 13.4. The highest BCUT2D eigenvalue weighted by atomic mass is 16.8. The summed E-state index contributed by atoms with van der Waals surface area (Å²) in [4.78, 5) is 0. The summed E-state index contributed by atoms with van der Waals surface area (Å²) in [5.41, 5.74) is -1.98. The first-order valence-corrected chi connectivity index (χ1v) is 57.8. The Balaban J connectivity index is 0.0000000959. The van der Waals surface area contributed by atoms with Crippen molar-refractivity contribution in [1.29, 1.82) is 0 Å². The summed E-state index contributed by atoms with van der Waals surface area (Å²) in [5, 5.41) is 52.6. The quantitative estimate of drug-likeness (QED) is 0.203. The lowest BCUT2D eigenvalue weighted by molar-refractivity contribution is -0.309. The van der Waals surface area contributed by atoms with Crippen molar-refractivity contribution in [3.05, 3.63) is 70.8 Å². The van der Waals surface area contributed by atoms with E-state index < -0.39 is 68.7 Å². The van der Waals surface area contributed by atoms with Gasteiger partial charge in [0.25, 0.3) is 0 Å². The summed E-state index contributed by atoms with van der Waals surface area (Å²) in [7, 11) is 0. The van der Waals surface area contributed by atoms with E-state index in [2.05, 4.69) is 187 Å². The molecule has 0 bridgehead atoms. The highest BCUT2D eigenvalue weighted by Gasteiger charge is 2.90. The number of hydrogen-bond acceptors (Lipinski definition) is 24. The lowest BCUT2D eigenvalue weighted by Crippen LogP contribution is -2.72. The molecule has 24 nitrogen and oxygen atoms in total. The second-order valence-electron chi connectivity index (χ2n) is 58.9. The molecular formula is C120H176O24. The molecule has 30 rings (SSSR count). The van der Waals surface area contributed by atoms with Gasteiger partial charge in [0.1, 0.15) is 22.4 Å². The molecule has 12 aliphatic heterocycles. The van der Waals surface area contributed by atoms with Gasteiger partial charge in [-0.2, -0.15) is 0 Å². The van der Waals surface area contributed by atoms with E-state index in [4.69, 9.17) is 94.7 Å². The van der Waals surface area contributed by atoms with Gasteiger partial charge in [-0.05, 0) is 206 Å². The molecule has 2 aromatic rings. The second-order valence-corrected chi connectivity index (χ2v) is 58.9. The number of benzene rings is 2. The average Bonchev–Trinajstić information content (AvgIpc) is 1.47. The smallest absolute Gasteiger partial charge is 0.174 e. The van der Waals surface area contributed by atoms with Crippen molar-refractivity contribution >= 4 is 0 Å². The molecule has 0 radical (unpaired) electrons. The molecule has 144 heavy (non-hydrogen) atoms. The van der Waals surface area contributed by atoms with E-state index in [9.17, 15) is 20.4 Å². The van der Waals surface area contributed by atoms with Crippen molar-refractivity contribution < 1.29 is 115 Å². The Kier molecular flexibility index (Phi) is 21.3. The van der Waals surface area contributed by atoms with Crippen LogP contribution in [0.25, 0.3) is 0 Å². The Labute approximate surface area is 856 Å². The molecule has 2 aromatic carbocycles. The van der Waals surface area contributed by atoms with Gasteiger partial charge in [-0.1, -0.05) is 187 Å². The summed E-state index contributed by atoms with van der Waals surface area (Å²) in [5.74, 6) is -0.399. The Bertz CT molecular complexity index is 5000. The minimum absolute atomic E-state index is 0.0588.